The molecule has 0 aliphatic carbocycles. The Hall–Kier alpha value is -3.53. The van der Waals surface area contributed by atoms with E-state index in [1.54, 1.807) is 0 Å². The van der Waals surface area contributed by atoms with E-state index in [1.165, 1.54) is 135 Å². The number of esters is 2. The highest BCUT2D eigenvalue weighted by Gasteiger charge is 2.25. The molecular formula is C64H112NO8+. The Balaban J connectivity index is 3.97. The number of rotatable bonds is 54. The molecule has 0 aromatic rings. The number of hydrogen-bond acceptors (Lipinski definition) is 7. The van der Waals surface area contributed by atoms with Crippen LogP contribution in [0.4, 0.5) is 0 Å². The smallest absolute Gasteiger partial charge is 0.361 e. The monoisotopic (exact) mass is 1020 g/mol. The summed E-state index contributed by atoms with van der Waals surface area (Å²) in [7, 11) is 5.96. The van der Waals surface area contributed by atoms with Gasteiger partial charge in [0, 0.05) is 12.8 Å². The van der Waals surface area contributed by atoms with Gasteiger partial charge < -0.3 is 28.5 Å². The Morgan fingerprint density at radius 2 is 0.781 bits per heavy atom. The quantitative estimate of drug-likeness (QED) is 0.0211. The molecule has 0 aliphatic heterocycles. The summed E-state index contributed by atoms with van der Waals surface area (Å²) in [5.41, 5.74) is 0. The average molecular weight is 1020 g/mol. The van der Waals surface area contributed by atoms with E-state index in [9.17, 15) is 19.5 Å². The van der Waals surface area contributed by atoms with Gasteiger partial charge in [0.1, 0.15) is 13.2 Å². The lowest BCUT2D eigenvalue weighted by atomic mass is 10.0. The molecule has 0 rings (SSSR count). The molecule has 0 aliphatic rings. The van der Waals surface area contributed by atoms with E-state index < -0.39 is 24.3 Å². The molecule has 0 saturated heterocycles. The molecule has 0 spiro atoms. The number of carbonyl (C=O) groups excluding carboxylic acids is 2. The van der Waals surface area contributed by atoms with Crippen LogP contribution in [0, 0.1) is 0 Å². The van der Waals surface area contributed by atoms with Crippen LogP contribution in [-0.4, -0.2) is 87.4 Å². The maximum absolute atomic E-state index is 12.8. The first kappa shape index (κ1) is 69.5. The Kier molecular flexibility index (Phi) is 52.1. The fraction of sp³-hybridized carbons (Fsp3) is 0.734. The summed E-state index contributed by atoms with van der Waals surface area (Å²) in [5.74, 6) is -2.00. The standard InChI is InChI=1S/C64H111NO8/c1-6-8-10-12-14-16-17-18-19-20-21-22-23-24-25-26-27-28-29-30-31-32-33-34-35-36-37-38-39-40-41-42-43-44-45-47-49-51-53-55-62(67)73-60(59-72-64(63(68)69)70-57-56-65(3,4)5)58-71-61(66)54-52-50-48-46-15-13-11-9-7-2/h8,10,14,16,18-19,21-22,24-25,27-28,30-31,60,64H,6-7,9,11-13,15,17,20,23,26,29,32-59H2,1-5H3/p+1/b10-8-,16-14-,19-18-,22-21-,25-24-,28-27-,31-30-. The number of likely N-dealkylation sites (N-methyl/N-ethyl adjacent to an activating group) is 1. The van der Waals surface area contributed by atoms with E-state index in [4.69, 9.17) is 18.9 Å². The Morgan fingerprint density at radius 3 is 1.16 bits per heavy atom. The SMILES string of the molecule is CC/C=C\C/C=C\C/C=C\C/C=C\C/C=C\C/C=C\C/C=C\CCCCCCCCCCCCCCCCCCCC(=O)OC(COC(=O)CCCCCCCCCCC)COC(OCC[N+](C)(C)C)C(=O)O. The molecule has 0 fully saturated rings. The predicted octanol–water partition coefficient (Wildman–Crippen LogP) is 17.6. The third-order valence-electron chi connectivity index (χ3n) is 12.7. The summed E-state index contributed by atoms with van der Waals surface area (Å²) in [6, 6.07) is 0. The van der Waals surface area contributed by atoms with Crippen molar-refractivity contribution in [3.8, 4) is 0 Å². The molecule has 0 bridgehead atoms. The van der Waals surface area contributed by atoms with Gasteiger partial charge in [-0.3, -0.25) is 9.59 Å². The molecule has 0 radical (unpaired) electrons. The van der Waals surface area contributed by atoms with Crippen LogP contribution in [-0.2, 0) is 33.3 Å². The Bertz CT molecular complexity index is 1470. The summed E-state index contributed by atoms with van der Waals surface area (Å²) in [6.45, 7) is 4.74. The lowest BCUT2D eigenvalue weighted by molar-refractivity contribution is -0.870. The maximum atomic E-state index is 12.8. The van der Waals surface area contributed by atoms with Crippen LogP contribution in [0.15, 0.2) is 85.1 Å². The second-order valence-electron chi connectivity index (χ2n) is 20.9. The van der Waals surface area contributed by atoms with Crippen molar-refractivity contribution >= 4 is 17.9 Å². The van der Waals surface area contributed by atoms with Gasteiger partial charge in [-0.2, -0.15) is 0 Å². The van der Waals surface area contributed by atoms with Gasteiger partial charge in [0.25, 0.3) is 6.29 Å². The predicted molar refractivity (Wildman–Crippen MR) is 309 cm³/mol. The third-order valence-corrected chi connectivity index (χ3v) is 12.7. The van der Waals surface area contributed by atoms with Gasteiger partial charge in [0.15, 0.2) is 6.10 Å². The summed E-state index contributed by atoms with van der Waals surface area (Å²) in [6.07, 6.45) is 69.8. The molecule has 1 N–H and O–H groups in total. The zero-order chi connectivity index (χ0) is 53.4. The summed E-state index contributed by atoms with van der Waals surface area (Å²) in [4.78, 5) is 37.2. The van der Waals surface area contributed by atoms with Gasteiger partial charge >= 0.3 is 17.9 Å². The van der Waals surface area contributed by atoms with Gasteiger partial charge in [-0.1, -0.05) is 247 Å². The largest absolute Gasteiger partial charge is 0.477 e. The van der Waals surface area contributed by atoms with Crippen molar-refractivity contribution in [1.82, 2.24) is 0 Å². The maximum Gasteiger partial charge on any atom is 0.361 e. The van der Waals surface area contributed by atoms with Crippen molar-refractivity contribution in [2.75, 3.05) is 47.5 Å². The molecule has 0 saturated carbocycles. The Labute approximate surface area is 449 Å². The van der Waals surface area contributed by atoms with Gasteiger partial charge in [-0.15, -0.1) is 0 Å². The number of quaternary nitrogens is 1. The molecule has 0 aromatic heterocycles. The van der Waals surface area contributed by atoms with Crippen molar-refractivity contribution in [1.29, 1.82) is 0 Å². The van der Waals surface area contributed by atoms with Crippen LogP contribution >= 0.6 is 0 Å². The minimum absolute atomic E-state index is 0.181. The van der Waals surface area contributed by atoms with E-state index in [-0.39, 0.29) is 32.2 Å². The first-order valence-corrected chi connectivity index (χ1v) is 29.8. The molecule has 0 aromatic carbocycles. The lowest BCUT2D eigenvalue weighted by Gasteiger charge is -2.25. The second kappa shape index (κ2) is 54.7. The molecule has 73 heavy (non-hydrogen) atoms. The molecule has 9 heteroatoms. The first-order valence-electron chi connectivity index (χ1n) is 29.8. The highest BCUT2D eigenvalue weighted by atomic mass is 16.7. The number of ether oxygens (including phenoxy) is 4. The van der Waals surface area contributed by atoms with Gasteiger partial charge in [-0.25, -0.2) is 4.79 Å². The summed E-state index contributed by atoms with van der Waals surface area (Å²) in [5, 5.41) is 9.66. The van der Waals surface area contributed by atoms with Crippen molar-refractivity contribution in [2.24, 2.45) is 0 Å². The fourth-order valence-corrected chi connectivity index (χ4v) is 8.11. The molecule has 2 atom stereocenters. The van der Waals surface area contributed by atoms with E-state index >= 15 is 0 Å². The van der Waals surface area contributed by atoms with Gasteiger partial charge in [0.2, 0.25) is 0 Å². The van der Waals surface area contributed by atoms with E-state index in [1.807, 2.05) is 21.1 Å². The highest BCUT2D eigenvalue weighted by molar-refractivity contribution is 5.71. The topological polar surface area (TPSA) is 108 Å². The molecular weight excluding hydrogens is 911 g/mol. The number of aliphatic carboxylic acids is 1. The minimum atomic E-state index is -1.51. The number of unbranched alkanes of at least 4 members (excludes halogenated alkanes) is 25. The van der Waals surface area contributed by atoms with Crippen molar-refractivity contribution in [3.63, 3.8) is 0 Å². The van der Waals surface area contributed by atoms with Crippen LogP contribution in [0.3, 0.4) is 0 Å². The number of carbonyl (C=O) groups is 3. The molecule has 0 amide bonds. The van der Waals surface area contributed by atoms with Crippen molar-refractivity contribution in [3.05, 3.63) is 85.1 Å². The second-order valence-corrected chi connectivity index (χ2v) is 20.9. The van der Waals surface area contributed by atoms with Crippen LogP contribution in [0.25, 0.3) is 0 Å². The van der Waals surface area contributed by atoms with Gasteiger partial charge in [0.05, 0.1) is 34.4 Å². The molecule has 420 valence electrons. The van der Waals surface area contributed by atoms with Crippen molar-refractivity contribution < 1.29 is 42.9 Å². The zero-order valence-corrected chi connectivity index (χ0v) is 47.8. The van der Waals surface area contributed by atoms with Crippen molar-refractivity contribution in [2.45, 2.75) is 257 Å². The normalized spacial score (nSPS) is 13.4. The number of carboxylic acids is 1. The zero-order valence-electron chi connectivity index (χ0n) is 47.8. The molecule has 0 heterocycles. The third kappa shape index (κ3) is 56.0. The van der Waals surface area contributed by atoms with E-state index in [0.717, 1.165) is 83.5 Å². The fourth-order valence-electron chi connectivity index (χ4n) is 8.11. The van der Waals surface area contributed by atoms with Crippen LogP contribution in [0.1, 0.15) is 245 Å². The van der Waals surface area contributed by atoms with Crippen LogP contribution in [0.2, 0.25) is 0 Å². The van der Waals surface area contributed by atoms with Crippen LogP contribution in [0.5, 0.6) is 0 Å². The number of allylic oxidation sites excluding steroid dienone is 14. The van der Waals surface area contributed by atoms with E-state index in [0.29, 0.717) is 17.4 Å². The summed E-state index contributed by atoms with van der Waals surface area (Å²) >= 11 is 0. The van der Waals surface area contributed by atoms with E-state index in [2.05, 4.69) is 98.9 Å². The number of hydrogen-bond donors (Lipinski definition) is 1. The number of nitrogens with zero attached hydrogens (tertiary/aromatic N) is 1. The molecule has 2 unspecified atom stereocenters. The lowest BCUT2D eigenvalue weighted by Crippen LogP contribution is -2.40. The summed E-state index contributed by atoms with van der Waals surface area (Å²) < 4.78 is 22.8. The van der Waals surface area contributed by atoms with Gasteiger partial charge in [-0.05, 0) is 70.6 Å². The van der Waals surface area contributed by atoms with Crippen LogP contribution < -0.4 is 0 Å². The highest BCUT2D eigenvalue weighted by Crippen LogP contribution is 2.16. The number of carboxylic acid groups (broad SMARTS) is 1. The molecule has 9 nitrogen and oxygen atoms in total. The minimum Gasteiger partial charge on any atom is -0.477 e. The Morgan fingerprint density at radius 1 is 0.425 bits per heavy atom. The average Bonchev–Trinajstić information content (AvgIpc) is 3.36. The first-order chi connectivity index (χ1) is 35.6.